The quantitative estimate of drug-likeness (QED) is 0.850. The van der Waals surface area contributed by atoms with E-state index in [0.717, 1.165) is 5.56 Å². The van der Waals surface area contributed by atoms with E-state index in [9.17, 15) is 21.6 Å². The van der Waals surface area contributed by atoms with E-state index in [1.54, 1.807) is 12.1 Å². The summed E-state index contributed by atoms with van der Waals surface area (Å²) in [5.41, 5.74) is 0.926. The highest BCUT2D eigenvalue weighted by Gasteiger charge is 2.29. The van der Waals surface area contributed by atoms with Gasteiger partial charge in [-0.25, -0.2) is 8.42 Å². The second kappa shape index (κ2) is 5.89. The Labute approximate surface area is 109 Å². The lowest BCUT2D eigenvalue weighted by Gasteiger charge is -2.10. The Kier molecular flexibility index (Phi) is 4.94. The minimum atomic E-state index is -4.59. The lowest BCUT2D eigenvalue weighted by molar-refractivity contribution is -0.181. The third-order valence-electron chi connectivity index (χ3n) is 2.26. The highest BCUT2D eigenvalue weighted by molar-refractivity contribution is 7.89. The van der Waals surface area contributed by atoms with Crippen molar-refractivity contribution in [2.75, 3.05) is 6.61 Å². The Morgan fingerprint density at radius 2 is 1.74 bits per heavy atom. The van der Waals surface area contributed by atoms with Gasteiger partial charge in [-0.3, -0.25) is 4.84 Å². The molecule has 0 heterocycles. The molecule has 0 radical (unpaired) electrons. The summed E-state index contributed by atoms with van der Waals surface area (Å²) < 4.78 is 58.6. The topological polar surface area (TPSA) is 55.4 Å². The first-order valence-corrected chi connectivity index (χ1v) is 6.90. The van der Waals surface area contributed by atoms with Crippen molar-refractivity contribution >= 4 is 10.0 Å². The maximum atomic E-state index is 11.8. The Morgan fingerprint density at radius 3 is 2.16 bits per heavy atom. The molecule has 1 N–H and O–H groups in total. The van der Waals surface area contributed by atoms with Gasteiger partial charge in [0.1, 0.15) is 0 Å². The number of sulfonamides is 1. The predicted molar refractivity (Wildman–Crippen MR) is 62.9 cm³/mol. The second-order valence-corrected chi connectivity index (χ2v) is 5.86. The lowest BCUT2D eigenvalue weighted by Crippen LogP contribution is -2.29. The van der Waals surface area contributed by atoms with Crippen molar-refractivity contribution in [3.8, 4) is 0 Å². The Hall–Kier alpha value is -1.12. The lowest BCUT2D eigenvalue weighted by atomic mass is 10.0. The molecular formula is C11H14F3NO3S. The van der Waals surface area contributed by atoms with Crippen LogP contribution in [0.2, 0.25) is 0 Å². The van der Waals surface area contributed by atoms with Gasteiger partial charge in [-0.15, -0.1) is 0 Å². The van der Waals surface area contributed by atoms with Crippen molar-refractivity contribution in [1.82, 2.24) is 4.89 Å². The van der Waals surface area contributed by atoms with Crippen molar-refractivity contribution in [2.24, 2.45) is 0 Å². The summed E-state index contributed by atoms with van der Waals surface area (Å²) in [6.45, 7) is 2.19. The van der Waals surface area contributed by atoms with Crippen molar-refractivity contribution in [3.63, 3.8) is 0 Å². The summed E-state index contributed by atoms with van der Waals surface area (Å²) in [7, 11) is -4.10. The Balaban J connectivity index is 2.72. The van der Waals surface area contributed by atoms with Crippen molar-refractivity contribution in [2.45, 2.75) is 30.8 Å². The maximum absolute atomic E-state index is 11.8. The zero-order chi connectivity index (χ0) is 14.7. The summed E-state index contributed by atoms with van der Waals surface area (Å²) in [6, 6.07) is 5.83. The van der Waals surface area contributed by atoms with E-state index in [0.29, 0.717) is 0 Å². The van der Waals surface area contributed by atoms with Crippen LogP contribution in [0.4, 0.5) is 13.2 Å². The zero-order valence-electron chi connectivity index (χ0n) is 10.4. The Bertz CT molecular complexity index is 509. The van der Waals surface area contributed by atoms with Crippen LogP contribution in [0, 0.1) is 0 Å². The molecule has 1 aromatic carbocycles. The van der Waals surface area contributed by atoms with Crippen LogP contribution in [0.1, 0.15) is 25.3 Å². The summed E-state index contributed by atoms with van der Waals surface area (Å²) in [6.07, 6.45) is -4.59. The van der Waals surface area contributed by atoms with Gasteiger partial charge in [0, 0.05) is 0 Å². The van der Waals surface area contributed by atoms with Crippen LogP contribution in [-0.4, -0.2) is 21.2 Å². The van der Waals surface area contributed by atoms with Crippen LogP contribution in [0.3, 0.4) is 0 Å². The number of hydrogen-bond donors (Lipinski definition) is 1. The number of rotatable bonds is 5. The first kappa shape index (κ1) is 15.9. The molecule has 8 heteroatoms. The van der Waals surface area contributed by atoms with Crippen LogP contribution in [-0.2, 0) is 14.9 Å². The predicted octanol–water partition coefficient (Wildman–Crippen LogP) is 2.58. The van der Waals surface area contributed by atoms with Gasteiger partial charge in [0.2, 0.25) is 0 Å². The normalized spacial score (nSPS) is 12.9. The molecule has 0 saturated heterocycles. The van der Waals surface area contributed by atoms with E-state index >= 15 is 0 Å². The fourth-order valence-corrected chi connectivity index (χ4v) is 2.07. The average Bonchev–Trinajstić information content (AvgIpc) is 2.27. The second-order valence-electron chi connectivity index (χ2n) is 4.21. The summed E-state index contributed by atoms with van der Waals surface area (Å²) in [4.78, 5) is 5.21. The SMILES string of the molecule is CC(C)c1ccc(S(=O)(=O)NOCC(F)(F)F)cc1. The molecule has 108 valence electrons. The molecule has 0 atom stereocenters. The molecule has 0 unspecified atom stereocenters. The van der Waals surface area contributed by atoms with Gasteiger partial charge in [0.05, 0.1) is 4.90 Å². The summed E-state index contributed by atoms with van der Waals surface area (Å²) in [5, 5.41) is 0. The van der Waals surface area contributed by atoms with E-state index in [1.807, 2.05) is 13.8 Å². The van der Waals surface area contributed by atoms with Gasteiger partial charge in [0.25, 0.3) is 10.0 Å². The van der Waals surface area contributed by atoms with Crippen molar-refractivity contribution in [1.29, 1.82) is 0 Å². The highest BCUT2D eigenvalue weighted by atomic mass is 32.2. The summed E-state index contributed by atoms with van der Waals surface area (Å²) in [5.74, 6) is 0.228. The minimum Gasteiger partial charge on any atom is -0.277 e. The van der Waals surface area contributed by atoms with Crippen LogP contribution < -0.4 is 4.89 Å². The van der Waals surface area contributed by atoms with E-state index in [-0.39, 0.29) is 10.8 Å². The molecule has 1 rings (SSSR count). The first-order valence-electron chi connectivity index (χ1n) is 5.42. The Morgan fingerprint density at radius 1 is 1.21 bits per heavy atom. The van der Waals surface area contributed by atoms with Crippen LogP contribution >= 0.6 is 0 Å². The van der Waals surface area contributed by atoms with Gasteiger partial charge in [0.15, 0.2) is 6.61 Å². The van der Waals surface area contributed by atoms with Crippen LogP contribution in [0.5, 0.6) is 0 Å². The third-order valence-corrected chi connectivity index (χ3v) is 3.49. The molecule has 0 aliphatic carbocycles. The van der Waals surface area contributed by atoms with E-state index in [2.05, 4.69) is 4.84 Å². The molecule has 0 aromatic heterocycles. The zero-order valence-corrected chi connectivity index (χ0v) is 11.2. The number of benzene rings is 1. The monoisotopic (exact) mass is 297 g/mol. The van der Waals surface area contributed by atoms with Crippen molar-refractivity contribution in [3.05, 3.63) is 29.8 Å². The number of nitrogens with one attached hydrogen (secondary N) is 1. The molecule has 0 saturated carbocycles. The van der Waals surface area contributed by atoms with Gasteiger partial charge < -0.3 is 0 Å². The number of hydrogen-bond acceptors (Lipinski definition) is 3. The molecule has 0 bridgehead atoms. The standard InChI is InChI=1S/C11H14F3NO3S/c1-8(2)9-3-5-10(6-4-9)19(16,17)15-18-7-11(12,13)14/h3-6,8,15H,7H2,1-2H3. The molecule has 0 fully saturated rings. The van der Waals surface area contributed by atoms with Gasteiger partial charge in [-0.2, -0.15) is 13.2 Å². The molecule has 19 heavy (non-hydrogen) atoms. The van der Waals surface area contributed by atoms with E-state index in [1.165, 1.54) is 17.0 Å². The maximum Gasteiger partial charge on any atom is 0.413 e. The third kappa shape index (κ3) is 5.17. The molecular weight excluding hydrogens is 283 g/mol. The highest BCUT2D eigenvalue weighted by Crippen LogP contribution is 2.18. The molecule has 4 nitrogen and oxygen atoms in total. The van der Waals surface area contributed by atoms with Gasteiger partial charge in [-0.05, 0) is 23.6 Å². The minimum absolute atomic E-state index is 0.154. The smallest absolute Gasteiger partial charge is 0.277 e. The largest absolute Gasteiger partial charge is 0.413 e. The fraction of sp³-hybridized carbons (Fsp3) is 0.455. The number of alkyl halides is 3. The average molecular weight is 297 g/mol. The van der Waals surface area contributed by atoms with E-state index in [4.69, 9.17) is 0 Å². The fourth-order valence-electron chi connectivity index (χ4n) is 1.27. The van der Waals surface area contributed by atoms with E-state index < -0.39 is 22.8 Å². The van der Waals surface area contributed by atoms with Gasteiger partial charge >= 0.3 is 6.18 Å². The van der Waals surface area contributed by atoms with Gasteiger partial charge in [-0.1, -0.05) is 30.9 Å². The molecule has 0 aliphatic rings. The van der Waals surface area contributed by atoms with Crippen LogP contribution in [0.15, 0.2) is 29.2 Å². The first-order chi connectivity index (χ1) is 8.62. The number of halogens is 3. The molecule has 1 aromatic rings. The van der Waals surface area contributed by atoms with Crippen molar-refractivity contribution < 1.29 is 26.4 Å². The molecule has 0 amide bonds. The van der Waals surface area contributed by atoms with Crippen LogP contribution in [0.25, 0.3) is 0 Å². The molecule has 0 spiro atoms. The summed E-state index contributed by atoms with van der Waals surface area (Å²) >= 11 is 0. The molecule has 0 aliphatic heterocycles.